The number of sulfonamides is 1. The van der Waals surface area contributed by atoms with Crippen LogP contribution in [-0.4, -0.2) is 46.5 Å². The van der Waals surface area contributed by atoms with Gasteiger partial charge in [0.1, 0.15) is 5.82 Å². The quantitative estimate of drug-likeness (QED) is 0.784. The molecular weight excluding hydrogens is 389 g/mol. The van der Waals surface area contributed by atoms with Gasteiger partial charge in [0.25, 0.3) is 0 Å². The van der Waals surface area contributed by atoms with Gasteiger partial charge in [-0.3, -0.25) is 4.90 Å². The van der Waals surface area contributed by atoms with E-state index in [1.54, 1.807) is 6.92 Å². The minimum Gasteiger partial charge on any atom is -0.374 e. The average Bonchev–Trinajstić information content (AvgIpc) is 3.34. The van der Waals surface area contributed by atoms with Gasteiger partial charge in [-0.05, 0) is 80.2 Å². The first-order valence-corrected chi connectivity index (χ1v) is 11.7. The number of likely N-dealkylation sites (tertiary alicyclic amines) is 1. The van der Waals surface area contributed by atoms with Crippen LogP contribution in [0.2, 0.25) is 0 Å². The van der Waals surface area contributed by atoms with Crippen molar-refractivity contribution in [3.8, 4) is 0 Å². The van der Waals surface area contributed by atoms with Crippen LogP contribution in [0.5, 0.6) is 0 Å². The molecule has 2 heterocycles. The third-order valence-corrected chi connectivity index (χ3v) is 7.53. The van der Waals surface area contributed by atoms with Crippen molar-refractivity contribution < 1.29 is 12.8 Å². The molecule has 2 aromatic rings. The molecule has 1 unspecified atom stereocenters. The highest BCUT2D eigenvalue weighted by Gasteiger charge is 2.27. The van der Waals surface area contributed by atoms with E-state index in [1.165, 1.54) is 29.4 Å². The van der Waals surface area contributed by atoms with Crippen molar-refractivity contribution in [3.63, 3.8) is 0 Å². The predicted molar refractivity (Wildman–Crippen MR) is 113 cm³/mol. The standard InChI is InChI=1S/C22H28FN3O2S/c1-16-13-19(6-7-20(16)23)29(27,28)24-15-22(26-10-3-4-11-26)17-5-8-21-18(14-17)9-12-25(21)2/h5-8,13-14,22,24H,3-4,9-12,15H2,1-2H3. The molecule has 0 radical (unpaired) electrons. The molecule has 0 aliphatic carbocycles. The maximum Gasteiger partial charge on any atom is 0.240 e. The molecule has 1 N–H and O–H groups in total. The van der Waals surface area contributed by atoms with Gasteiger partial charge in [-0.15, -0.1) is 0 Å². The summed E-state index contributed by atoms with van der Waals surface area (Å²) in [4.78, 5) is 4.72. The van der Waals surface area contributed by atoms with Crippen molar-refractivity contribution in [2.75, 3.05) is 38.1 Å². The van der Waals surface area contributed by atoms with Crippen molar-refractivity contribution in [1.29, 1.82) is 0 Å². The molecule has 5 nitrogen and oxygen atoms in total. The number of halogens is 1. The normalized spacial score (nSPS) is 18.2. The predicted octanol–water partition coefficient (Wildman–Crippen LogP) is 3.24. The Labute approximate surface area is 172 Å². The molecule has 29 heavy (non-hydrogen) atoms. The highest BCUT2D eigenvalue weighted by atomic mass is 32.2. The lowest BCUT2D eigenvalue weighted by Crippen LogP contribution is -2.36. The number of benzene rings is 2. The number of rotatable bonds is 6. The Morgan fingerprint density at radius 3 is 2.59 bits per heavy atom. The summed E-state index contributed by atoms with van der Waals surface area (Å²) in [6, 6.07) is 10.4. The molecule has 0 spiro atoms. The summed E-state index contributed by atoms with van der Waals surface area (Å²) in [7, 11) is -1.60. The first-order chi connectivity index (χ1) is 13.8. The van der Waals surface area contributed by atoms with Crippen molar-refractivity contribution in [3.05, 3.63) is 58.9 Å². The van der Waals surface area contributed by atoms with Gasteiger partial charge in [-0.25, -0.2) is 17.5 Å². The van der Waals surface area contributed by atoms with Crippen molar-refractivity contribution in [1.82, 2.24) is 9.62 Å². The summed E-state index contributed by atoms with van der Waals surface area (Å²) in [5.41, 5.74) is 4.06. The van der Waals surface area contributed by atoms with Gasteiger partial charge < -0.3 is 4.90 Å². The Hall–Kier alpha value is -1.96. The van der Waals surface area contributed by atoms with E-state index < -0.39 is 15.8 Å². The highest BCUT2D eigenvalue weighted by molar-refractivity contribution is 7.89. The van der Waals surface area contributed by atoms with E-state index in [1.807, 2.05) is 0 Å². The summed E-state index contributed by atoms with van der Waals surface area (Å²) >= 11 is 0. The minimum atomic E-state index is -3.70. The van der Waals surface area contributed by atoms with Gasteiger partial charge in [0, 0.05) is 31.9 Å². The highest BCUT2D eigenvalue weighted by Crippen LogP contribution is 2.32. The van der Waals surface area contributed by atoms with E-state index in [9.17, 15) is 12.8 Å². The molecular formula is C22H28FN3O2S. The summed E-state index contributed by atoms with van der Waals surface area (Å²) in [6.07, 6.45) is 3.29. The lowest BCUT2D eigenvalue weighted by atomic mass is 10.0. The number of hydrogen-bond donors (Lipinski definition) is 1. The summed E-state index contributed by atoms with van der Waals surface area (Å²) in [6.45, 7) is 4.83. The number of nitrogens with one attached hydrogen (secondary N) is 1. The molecule has 0 amide bonds. The number of hydrogen-bond acceptors (Lipinski definition) is 4. The Kier molecular flexibility index (Phi) is 5.64. The number of fused-ring (bicyclic) bond motifs is 1. The second-order valence-electron chi connectivity index (χ2n) is 8.08. The lowest BCUT2D eigenvalue weighted by molar-refractivity contribution is 0.246. The van der Waals surface area contributed by atoms with E-state index in [2.05, 4.69) is 39.8 Å². The maximum absolute atomic E-state index is 13.5. The van der Waals surface area contributed by atoms with Crippen LogP contribution < -0.4 is 9.62 Å². The summed E-state index contributed by atoms with van der Waals surface area (Å²) < 4.78 is 41.9. The number of anilines is 1. The van der Waals surface area contributed by atoms with Gasteiger partial charge in [0.2, 0.25) is 10.0 Å². The van der Waals surface area contributed by atoms with Crippen molar-refractivity contribution in [2.45, 2.75) is 37.1 Å². The average molecular weight is 418 g/mol. The van der Waals surface area contributed by atoms with Gasteiger partial charge in [0.15, 0.2) is 0 Å². The van der Waals surface area contributed by atoms with Crippen LogP contribution in [0.1, 0.15) is 35.6 Å². The van der Waals surface area contributed by atoms with Crippen LogP contribution in [0.15, 0.2) is 41.3 Å². The molecule has 0 bridgehead atoms. The zero-order valence-corrected chi connectivity index (χ0v) is 17.8. The molecule has 2 aliphatic rings. The second kappa shape index (κ2) is 8.05. The fourth-order valence-corrected chi connectivity index (χ4v) is 5.48. The molecule has 1 saturated heterocycles. The van der Waals surface area contributed by atoms with Crippen molar-refractivity contribution in [2.24, 2.45) is 0 Å². The second-order valence-corrected chi connectivity index (χ2v) is 9.85. The Morgan fingerprint density at radius 1 is 1.10 bits per heavy atom. The van der Waals surface area contributed by atoms with Crippen LogP contribution in [0, 0.1) is 12.7 Å². The largest absolute Gasteiger partial charge is 0.374 e. The zero-order chi connectivity index (χ0) is 20.6. The van der Waals surface area contributed by atoms with Crippen LogP contribution >= 0.6 is 0 Å². The topological polar surface area (TPSA) is 52.7 Å². The Morgan fingerprint density at radius 2 is 1.86 bits per heavy atom. The minimum absolute atomic E-state index is 0.00923. The molecule has 0 aromatic heterocycles. The third-order valence-electron chi connectivity index (χ3n) is 6.10. The number of aryl methyl sites for hydroxylation is 1. The third kappa shape index (κ3) is 4.17. The van der Waals surface area contributed by atoms with E-state index >= 15 is 0 Å². The molecule has 7 heteroatoms. The summed E-state index contributed by atoms with van der Waals surface area (Å²) in [5.74, 6) is -0.401. The molecule has 156 valence electrons. The molecule has 4 rings (SSSR count). The van der Waals surface area contributed by atoms with E-state index in [4.69, 9.17) is 0 Å². The molecule has 2 aliphatic heterocycles. The smallest absolute Gasteiger partial charge is 0.240 e. The Balaban J connectivity index is 1.57. The maximum atomic E-state index is 13.5. The van der Waals surface area contributed by atoms with Crippen molar-refractivity contribution >= 4 is 15.7 Å². The van der Waals surface area contributed by atoms with E-state index in [0.717, 1.165) is 44.5 Å². The SMILES string of the molecule is Cc1cc(S(=O)(=O)NCC(c2ccc3c(c2)CCN3C)N2CCCC2)ccc1F. The number of likely N-dealkylation sites (N-methyl/N-ethyl adjacent to an activating group) is 1. The number of nitrogens with zero attached hydrogens (tertiary/aromatic N) is 2. The fraction of sp³-hybridized carbons (Fsp3) is 0.455. The zero-order valence-electron chi connectivity index (χ0n) is 17.0. The monoisotopic (exact) mass is 417 g/mol. The van der Waals surface area contributed by atoms with Gasteiger partial charge in [0.05, 0.1) is 4.90 Å². The van der Waals surface area contributed by atoms with Gasteiger partial charge in [-0.1, -0.05) is 12.1 Å². The van der Waals surface area contributed by atoms with Crippen LogP contribution in [0.4, 0.5) is 10.1 Å². The fourth-order valence-electron chi connectivity index (χ4n) is 4.36. The molecule has 0 saturated carbocycles. The van der Waals surface area contributed by atoms with E-state index in [0.29, 0.717) is 12.1 Å². The van der Waals surface area contributed by atoms with Gasteiger partial charge in [-0.2, -0.15) is 0 Å². The molecule has 2 aromatic carbocycles. The molecule has 1 fully saturated rings. The van der Waals surface area contributed by atoms with Crippen LogP contribution in [0.25, 0.3) is 0 Å². The lowest BCUT2D eigenvalue weighted by Gasteiger charge is -2.29. The molecule has 1 atom stereocenters. The van der Waals surface area contributed by atoms with Crippen LogP contribution in [0.3, 0.4) is 0 Å². The van der Waals surface area contributed by atoms with E-state index in [-0.39, 0.29) is 10.9 Å². The van der Waals surface area contributed by atoms with Crippen LogP contribution in [-0.2, 0) is 16.4 Å². The first-order valence-electron chi connectivity index (χ1n) is 10.2. The summed E-state index contributed by atoms with van der Waals surface area (Å²) in [5, 5.41) is 0. The first kappa shape index (κ1) is 20.3. The van der Waals surface area contributed by atoms with Gasteiger partial charge >= 0.3 is 0 Å². The Bertz CT molecular complexity index is 1000.